The summed E-state index contributed by atoms with van der Waals surface area (Å²) in [6.07, 6.45) is 1.18. The van der Waals surface area contributed by atoms with E-state index in [1.807, 2.05) is 0 Å². The normalized spacial score (nSPS) is 13.1. The van der Waals surface area contributed by atoms with Crippen LogP contribution in [-0.2, 0) is 6.54 Å². The van der Waals surface area contributed by atoms with Crippen LogP contribution in [0.2, 0.25) is 0 Å². The summed E-state index contributed by atoms with van der Waals surface area (Å²) in [4.78, 5) is 2.27. The Labute approximate surface area is 107 Å². The quantitative estimate of drug-likeness (QED) is 0.864. The molecule has 0 fully saturated rings. The van der Waals surface area contributed by atoms with Crippen LogP contribution in [0.25, 0.3) is 0 Å². The fraction of sp³-hybridized carbons (Fsp3) is 0.538. The number of halogens is 1. The third kappa shape index (κ3) is 4.64. The minimum atomic E-state index is 0.621. The molecule has 0 bridgehead atoms. The van der Waals surface area contributed by atoms with Crippen molar-refractivity contribution in [2.75, 3.05) is 20.6 Å². The van der Waals surface area contributed by atoms with Crippen LogP contribution >= 0.6 is 15.9 Å². The molecule has 1 N–H and O–H groups in total. The molecule has 0 amide bonds. The van der Waals surface area contributed by atoms with Crippen LogP contribution < -0.4 is 5.32 Å². The molecular formula is C13H21BrN2. The van der Waals surface area contributed by atoms with Crippen molar-refractivity contribution in [3.05, 3.63) is 34.3 Å². The molecule has 0 heterocycles. The molecule has 90 valence electrons. The van der Waals surface area contributed by atoms with Crippen molar-refractivity contribution in [3.63, 3.8) is 0 Å². The monoisotopic (exact) mass is 284 g/mol. The molecule has 1 aromatic rings. The Morgan fingerprint density at radius 3 is 2.38 bits per heavy atom. The molecule has 1 atom stereocenters. The maximum Gasteiger partial charge on any atom is 0.0212 e. The minimum absolute atomic E-state index is 0.621. The van der Waals surface area contributed by atoms with E-state index in [0.29, 0.717) is 6.04 Å². The van der Waals surface area contributed by atoms with E-state index >= 15 is 0 Å². The van der Waals surface area contributed by atoms with Crippen molar-refractivity contribution in [3.8, 4) is 0 Å². The molecule has 0 radical (unpaired) electrons. The molecule has 0 saturated carbocycles. The Kier molecular flexibility index (Phi) is 6.03. The topological polar surface area (TPSA) is 15.3 Å². The van der Waals surface area contributed by atoms with E-state index < -0.39 is 0 Å². The first kappa shape index (κ1) is 13.7. The van der Waals surface area contributed by atoms with Crippen molar-refractivity contribution in [2.24, 2.45) is 0 Å². The van der Waals surface area contributed by atoms with Crippen molar-refractivity contribution in [2.45, 2.75) is 25.9 Å². The maximum absolute atomic E-state index is 3.50. The van der Waals surface area contributed by atoms with Crippen LogP contribution in [0.3, 0.4) is 0 Å². The molecule has 1 rings (SSSR count). The summed E-state index contributed by atoms with van der Waals surface area (Å²) in [7, 11) is 4.27. The number of nitrogens with one attached hydrogen (secondary N) is 1. The predicted molar refractivity (Wildman–Crippen MR) is 73.6 cm³/mol. The van der Waals surface area contributed by atoms with E-state index in [9.17, 15) is 0 Å². The van der Waals surface area contributed by atoms with Crippen LogP contribution in [0.5, 0.6) is 0 Å². The largest absolute Gasteiger partial charge is 0.311 e. The molecule has 0 aromatic heterocycles. The van der Waals surface area contributed by atoms with Gasteiger partial charge in [0, 0.05) is 23.6 Å². The second kappa shape index (κ2) is 7.05. The minimum Gasteiger partial charge on any atom is -0.311 e. The summed E-state index contributed by atoms with van der Waals surface area (Å²) in [5.41, 5.74) is 1.33. The second-order valence-corrected chi connectivity index (χ2v) is 5.20. The van der Waals surface area contributed by atoms with Gasteiger partial charge >= 0.3 is 0 Å². The van der Waals surface area contributed by atoms with E-state index in [0.717, 1.165) is 17.6 Å². The average molecular weight is 285 g/mol. The van der Waals surface area contributed by atoms with Gasteiger partial charge in [0.1, 0.15) is 0 Å². The van der Waals surface area contributed by atoms with Crippen LogP contribution in [-0.4, -0.2) is 31.6 Å². The standard InChI is InChI=1S/C13H21BrN2/c1-4-13(16(2)3)10-15-9-11-5-7-12(14)8-6-11/h5-8,13,15H,4,9-10H2,1-3H3. The molecule has 3 heteroatoms. The van der Waals surface area contributed by atoms with Gasteiger partial charge in [0.05, 0.1) is 0 Å². The maximum atomic E-state index is 3.50. The highest BCUT2D eigenvalue weighted by atomic mass is 79.9. The summed E-state index contributed by atoms with van der Waals surface area (Å²) in [6, 6.07) is 9.08. The number of likely N-dealkylation sites (N-methyl/N-ethyl adjacent to an activating group) is 1. The Hall–Kier alpha value is -0.380. The lowest BCUT2D eigenvalue weighted by Crippen LogP contribution is -2.37. The summed E-state index contributed by atoms with van der Waals surface area (Å²) in [5.74, 6) is 0. The van der Waals surface area contributed by atoms with Crippen LogP contribution in [0, 0.1) is 0 Å². The van der Waals surface area contributed by atoms with Crippen molar-refractivity contribution >= 4 is 15.9 Å². The molecule has 16 heavy (non-hydrogen) atoms. The summed E-state index contributed by atoms with van der Waals surface area (Å²) in [5, 5.41) is 3.50. The Bertz CT molecular complexity index is 295. The first-order chi connectivity index (χ1) is 7.63. The Morgan fingerprint density at radius 1 is 1.25 bits per heavy atom. The number of nitrogens with zero attached hydrogens (tertiary/aromatic N) is 1. The lowest BCUT2D eigenvalue weighted by molar-refractivity contribution is 0.276. The molecule has 0 aliphatic heterocycles. The van der Waals surface area contributed by atoms with Gasteiger partial charge in [-0.3, -0.25) is 0 Å². The molecule has 2 nitrogen and oxygen atoms in total. The highest BCUT2D eigenvalue weighted by Crippen LogP contribution is 2.10. The van der Waals surface area contributed by atoms with E-state index in [1.165, 1.54) is 12.0 Å². The van der Waals surface area contributed by atoms with Crippen LogP contribution in [0.15, 0.2) is 28.7 Å². The lowest BCUT2D eigenvalue weighted by atomic mass is 10.2. The van der Waals surface area contributed by atoms with Gasteiger partial charge < -0.3 is 10.2 Å². The zero-order valence-corrected chi connectivity index (χ0v) is 11.9. The SMILES string of the molecule is CCC(CNCc1ccc(Br)cc1)N(C)C. The number of hydrogen-bond acceptors (Lipinski definition) is 2. The third-order valence-electron chi connectivity index (χ3n) is 2.82. The zero-order valence-electron chi connectivity index (χ0n) is 10.3. The van der Waals surface area contributed by atoms with Crippen molar-refractivity contribution in [1.29, 1.82) is 0 Å². The van der Waals surface area contributed by atoms with Crippen LogP contribution in [0.1, 0.15) is 18.9 Å². The Morgan fingerprint density at radius 2 is 1.88 bits per heavy atom. The number of rotatable bonds is 6. The second-order valence-electron chi connectivity index (χ2n) is 4.28. The molecule has 0 aliphatic carbocycles. The van der Waals surface area contributed by atoms with Gasteiger partial charge in [-0.1, -0.05) is 35.0 Å². The fourth-order valence-corrected chi connectivity index (χ4v) is 1.94. The first-order valence-electron chi connectivity index (χ1n) is 5.75. The third-order valence-corrected chi connectivity index (χ3v) is 3.35. The number of benzene rings is 1. The van der Waals surface area contributed by atoms with Gasteiger partial charge in [-0.2, -0.15) is 0 Å². The van der Waals surface area contributed by atoms with Gasteiger partial charge in [-0.05, 0) is 38.2 Å². The molecule has 0 spiro atoms. The fourth-order valence-electron chi connectivity index (χ4n) is 1.68. The average Bonchev–Trinajstić information content (AvgIpc) is 2.26. The smallest absolute Gasteiger partial charge is 0.0212 e. The Balaban J connectivity index is 2.32. The molecule has 0 aliphatic rings. The zero-order chi connectivity index (χ0) is 12.0. The van der Waals surface area contributed by atoms with Crippen molar-refractivity contribution < 1.29 is 0 Å². The van der Waals surface area contributed by atoms with Crippen molar-refractivity contribution in [1.82, 2.24) is 10.2 Å². The first-order valence-corrected chi connectivity index (χ1v) is 6.54. The molecule has 0 saturated heterocycles. The summed E-state index contributed by atoms with van der Waals surface area (Å²) in [6.45, 7) is 4.21. The molecular weight excluding hydrogens is 264 g/mol. The molecule has 1 unspecified atom stereocenters. The highest BCUT2D eigenvalue weighted by Gasteiger charge is 2.07. The number of hydrogen-bond donors (Lipinski definition) is 1. The highest BCUT2D eigenvalue weighted by molar-refractivity contribution is 9.10. The van der Waals surface area contributed by atoms with E-state index in [2.05, 4.69) is 71.4 Å². The van der Waals surface area contributed by atoms with Gasteiger partial charge in [0.25, 0.3) is 0 Å². The van der Waals surface area contributed by atoms with E-state index in [-0.39, 0.29) is 0 Å². The molecule has 1 aromatic carbocycles. The van der Waals surface area contributed by atoms with Gasteiger partial charge in [0.2, 0.25) is 0 Å². The predicted octanol–water partition coefficient (Wildman–Crippen LogP) is 2.88. The van der Waals surface area contributed by atoms with Gasteiger partial charge in [-0.15, -0.1) is 0 Å². The van der Waals surface area contributed by atoms with Gasteiger partial charge in [-0.25, -0.2) is 0 Å². The van der Waals surface area contributed by atoms with E-state index in [4.69, 9.17) is 0 Å². The van der Waals surface area contributed by atoms with Crippen LogP contribution in [0.4, 0.5) is 0 Å². The van der Waals surface area contributed by atoms with E-state index in [1.54, 1.807) is 0 Å². The summed E-state index contributed by atoms with van der Waals surface area (Å²) < 4.78 is 1.14. The van der Waals surface area contributed by atoms with Gasteiger partial charge in [0.15, 0.2) is 0 Å². The lowest BCUT2D eigenvalue weighted by Gasteiger charge is -2.23. The summed E-state index contributed by atoms with van der Waals surface area (Å²) >= 11 is 3.44.